The number of rotatable bonds is 6. The minimum atomic E-state index is 0.00644. The quantitative estimate of drug-likeness (QED) is 0.828. The third kappa shape index (κ3) is 3.28. The van der Waals surface area contributed by atoms with Gasteiger partial charge in [0.1, 0.15) is 5.82 Å². The summed E-state index contributed by atoms with van der Waals surface area (Å²) < 4.78 is 0. The van der Waals surface area contributed by atoms with Crippen molar-refractivity contribution in [1.29, 1.82) is 0 Å². The molecule has 1 heterocycles. The molecule has 1 aromatic heterocycles. The smallest absolute Gasteiger partial charge is 0.254 e. The molecule has 0 aliphatic heterocycles. The Morgan fingerprint density at radius 3 is 2.80 bits per heavy atom. The Kier molecular flexibility index (Phi) is 4.95. The number of nitrogen functional groups attached to an aromatic ring is 1. The third-order valence-corrected chi connectivity index (χ3v) is 3.84. The van der Waals surface area contributed by atoms with E-state index in [1.807, 2.05) is 17.9 Å². The molecule has 0 atom stereocenters. The first-order valence-electron chi connectivity index (χ1n) is 7.34. The molecule has 0 bridgehead atoms. The lowest BCUT2D eigenvalue weighted by atomic mass is 9.90. The van der Waals surface area contributed by atoms with Crippen LogP contribution < -0.4 is 5.73 Å². The van der Waals surface area contributed by atoms with E-state index in [9.17, 15) is 4.79 Å². The molecule has 3 N–H and O–H groups in total. The standard InChI is InChI=1S/C15H23N3O2/c1-2-12-9-11(10-14(16)17-12)15(20)18(7-4-8-19)13-5-3-6-13/h9-10,13,19H,2-8H2,1H3,(H2,16,17). The van der Waals surface area contributed by atoms with Gasteiger partial charge < -0.3 is 15.7 Å². The number of aliphatic hydroxyl groups is 1. The fourth-order valence-corrected chi connectivity index (χ4v) is 2.47. The van der Waals surface area contributed by atoms with Gasteiger partial charge in [-0.05, 0) is 44.2 Å². The predicted octanol–water partition coefficient (Wildman–Crippen LogP) is 1.60. The number of carbonyl (C=O) groups excluding carboxylic acids is 1. The third-order valence-electron chi connectivity index (χ3n) is 3.84. The Balaban J connectivity index is 2.19. The lowest BCUT2D eigenvalue weighted by Gasteiger charge is -2.37. The lowest BCUT2D eigenvalue weighted by Crippen LogP contribution is -2.45. The summed E-state index contributed by atoms with van der Waals surface area (Å²) in [6.45, 7) is 2.70. The Hall–Kier alpha value is -1.62. The van der Waals surface area contributed by atoms with E-state index in [4.69, 9.17) is 10.8 Å². The molecule has 0 spiro atoms. The van der Waals surface area contributed by atoms with Crippen LogP contribution in [0, 0.1) is 0 Å². The molecule has 20 heavy (non-hydrogen) atoms. The summed E-state index contributed by atoms with van der Waals surface area (Å²) in [4.78, 5) is 18.8. The zero-order valence-electron chi connectivity index (χ0n) is 12.0. The van der Waals surface area contributed by atoms with Crippen molar-refractivity contribution in [3.63, 3.8) is 0 Å². The number of amides is 1. The van der Waals surface area contributed by atoms with E-state index in [0.29, 0.717) is 30.4 Å². The second-order valence-corrected chi connectivity index (χ2v) is 5.29. The molecule has 5 heteroatoms. The summed E-state index contributed by atoms with van der Waals surface area (Å²) in [6.07, 6.45) is 4.65. The maximum absolute atomic E-state index is 12.7. The summed E-state index contributed by atoms with van der Waals surface area (Å²) in [5.41, 5.74) is 7.22. The maximum atomic E-state index is 12.7. The maximum Gasteiger partial charge on any atom is 0.254 e. The molecular formula is C15H23N3O2. The molecule has 0 saturated heterocycles. The molecule has 1 fully saturated rings. The Bertz CT molecular complexity index is 472. The molecule has 1 aliphatic carbocycles. The molecule has 0 aromatic carbocycles. The van der Waals surface area contributed by atoms with Crippen LogP contribution in [0.15, 0.2) is 12.1 Å². The van der Waals surface area contributed by atoms with Crippen LogP contribution in [0.2, 0.25) is 0 Å². The van der Waals surface area contributed by atoms with Crippen LogP contribution in [-0.4, -0.2) is 40.1 Å². The highest BCUT2D eigenvalue weighted by Crippen LogP contribution is 2.26. The number of nitrogens with two attached hydrogens (primary N) is 1. The molecule has 0 unspecified atom stereocenters. The van der Waals surface area contributed by atoms with Crippen molar-refractivity contribution in [2.75, 3.05) is 18.9 Å². The van der Waals surface area contributed by atoms with E-state index in [2.05, 4.69) is 4.98 Å². The predicted molar refractivity (Wildman–Crippen MR) is 78.4 cm³/mol. The van der Waals surface area contributed by atoms with Gasteiger partial charge in [0.2, 0.25) is 0 Å². The van der Waals surface area contributed by atoms with E-state index < -0.39 is 0 Å². The minimum Gasteiger partial charge on any atom is -0.396 e. The van der Waals surface area contributed by atoms with Crippen LogP contribution in [-0.2, 0) is 6.42 Å². The van der Waals surface area contributed by atoms with Gasteiger partial charge in [-0.25, -0.2) is 4.98 Å². The molecule has 1 aliphatic rings. The number of aliphatic hydroxyl groups excluding tert-OH is 1. The van der Waals surface area contributed by atoms with Gasteiger partial charge in [-0.1, -0.05) is 6.92 Å². The Morgan fingerprint density at radius 2 is 2.25 bits per heavy atom. The van der Waals surface area contributed by atoms with Crippen molar-refractivity contribution < 1.29 is 9.90 Å². The van der Waals surface area contributed by atoms with Crippen molar-refractivity contribution in [1.82, 2.24) is 9.88 Å². The molecular weight excluding hydrogens is 254 g/mol. The number of hydrogen-bond donors (Lipinski definition) is 2. The van der Waals surface area contributed by atoms with Crippen LogP contribution in [0.4, 0.5) is 5.82 Å². The summed E-state index contributed by atoms with van der Waals surface area (Å²) in [5.74, 6) is 0.398. The lowest BCUT2D eigenvalue weighted by molar-refractivity contribution is 0.0562. The van der Waals surface area contributed by atoms with E-state index in [1.165, 1.54) is 6.42 Å². The number of nitrogens with zero attached hydrogens (tertiary/aromatic N) is 2. The van der Waals surface area contributed by atoms with E-state index >= 15 is 0 Å². The molecule has 0 radical (unpaired) electrons. The topological polar surface area (TPSA) is 79.5 Å². The number of pyridine rings is 1. The first-order valence-corrected chi connectivity index (χ1v) is 7.34. The molecule has 1 aromatic rings. The summed E-state index contributed by atoms with van der Waals surface area (Å²) >= 11 is 0. The highest BCUT2D eigenvalue weighted by atomic mass is 16.3. The number of anilines is 1. The Morgan fingerprint density at radius 1 is 1.50 bits per heavy atom. The first kappa shape index (κ1) is 14.8. The van der Waals surface area contributed by atoms with E-state index in [-0.39, 0.29) is 12.5 Å². The van der Waals surface area contributed by atoms with Gasteiger partial charge in [0.15, 0.2) is 0 Å². The highest BCUT2D eigenvalue weighted by molar-refractivity contribution is 5.95. The average Bonchev–Trinajstić information content (AvgIpc) is 2.39. The van der Waals surface area contributed by atoms with Gasteiger partial charge in [-0.3, -0.25) is 4.79 Å². The average molecular weight is 277 g/mol. The van der Waals surface area contributed by atoms with E-state index in [0.717, 1.165) is 25.0 Å². The van der Waals surface area contributed by atoms with Gasteiger partial charge in [0.25, 0.3) is 5.91 Å². The zero-order chi connectivity index (χ0) is 14.5. The summed E-state index contributed by atoms with van der Waals surface area (Å²) in [6, 6.07) is 3.78. The highest BCUT2D eigenvalue weighted by Gasteiger charge is 2.29. The van der Waals surface area contributed by atoms with Crippen molar-refractivity contribution in [2.24, 2.45) is 0 Å². The molecule has 1 saturated carbocycles. The zero-order valence-corrected chi connectivity index (χ0v) is 12.0. The van der Waals surface area contributed by atoms with Crippen LogP contribution in [0.5, 0.6) is 0 Å². The van der Waals surface area contributed by atoms with Crippen molar-refractivity contribution in [3.8, 4) is 0 Å². The number of carbonyl (C=O) groups is 1. The monoisotopic (exact) mass is 277 g/mol. The van der Waals surface area contributed by atoms with Gasteiger partial charge >= 0.3 is 0 Å². The van der Waals surface area contributed by atoms with E-state index in [1.54, 1.807) is 6.07 Å². The van der Waals surface area contributed by atoms with Crippen LogP contribution >= 0.6 is 0 Å². The van der Waals surface area contributed by atoms with Crippen LogP contribution in [0.25, 0.3) is 0 Å². The van der Waals surface area contributed by atoms with Gasteiger partial charge in [-0.15, -0.1) is 0 Å². The van der Waals surface area contributed by atoms with Gasteiger partial charge in [-0.2, -0.15) is 0 Å². The van der Waals surface area contributed by atoms with Crippen LogP contribution in [0.1, 0.15) is 48.7 Å². The SMILES string of the molecule is CCc1cc(C(=O)N(CCCO)C2CCC2)cc(N)n1. The second-order valence-electron chi connectivity index (χ2n) is 5.29. The number of hydrogen-bond acceptors (Lipinski definition) is 4. The Labute approximate surface area is 119 Å². The summed E-state index contributed by atoms with van der Waals surface area (Å²) in [5, 5.41) is 9.00. The second kappa shape index (κ2) is 6.70. The number of aryl methyl sites for hydroxylation is 1. The normalized spacial score (nSPS) is 14.9. The van der Waals surface area contributed by atoms with Crippen molar-refractivity contribution in [3.05, 3.63) is 23.4 Å². The molecule has 1 amide bonds. The van der Waals surface area contributed by atoms with Crippen molar-refractivity contribution in [2.45, 2.75) is 45.1 Å². The molecule has 110 valence electrons. The fraction of sp³-hybridized carbons (Fsp3) is 0.600. The fourth-order valence-electron chi connectivity index (χ4n) is 2.47. The van der Waals surface area contributed by atoms with Gasteiger partial charge in [0, 0.05) is 30.5 Å². The van der Waals surface area contributed by atoms with Gasteiger partial charge in [0.05, 0.1) is 0 Å². The molecule has 2 rings (SSSR count). The molecule has 5 nitrogen and oxygen atoms in total. The van der Waals surface area contributed by atoms with Crippen LogP contribution in [0.3, 0.4) is 0 Å². The largest absolute Gasteiger partial charge is 0.396 e. The summed E-state index contributed by atoms with van der Waals surface area (Å²) in [7, 11) is 0. The first-order chi connectivity index (χ1) is 9.65. The number of aromatic nitrogens is 1. The van der Waals surface area contributed by atoms with Crippen molar-refractivity contribution >= 4 is 11.7 Å². The minimum absolute atomic E-state index is 0.00644.